The van der Waals surface area contributed by atoms with E-state index in [1.165, 1.54) is 0 Å². The summed E-state index contributed by atoms with van der Waals surface area (Å²) in [7, 11) is 0. The largest absolute Gasteiger partial charge is 0.463 e. The zero-order chi connectivity index (χ0) is 12.9. The Morgan fingerprint density at radius 2 is 1.82 bits per heavy atom. The Hall–Kier alpha value is -0.870. The zero-order valence-electron chi connectivity index (χ0n) is 10.4. The molecule has 100 valence electrons. The van der Waals surface area contributed by atoms with Crippen LogP contribution < -0.4 is 0 Å². The van der Waals surface area contributed by atoms with E-state index in [0.29, 0.717) is 6.61 Å². The van der Waals surface area contributed by atoms with E-state index in [4.69, 9.17) is 9.84 Å². The third kappa shape index (κ3) is 11.4. The molecule has 0 saturated heterocycles. The highest BCUT2D eigenvalue weighted by Gasteiger charge is 2.03. The number of unbranched alkanes of at least 4 members (excludes halogenated alkanes) is 3. The second-order valence-corrected chi connectivity index (χ2v) is 4.09. The molecule has 4 nitrogen and oxygen atoms in total. The lowest BCUT2D eigenvalue weighted by molar-refractivity contribution is -0.137. The Labute approximate surface area is 103 Å². The fraction of sp³-hybridized carbons (Fsp3) is 0.769. The van der Waals surface area contributed by atoms with Crippen LogP contribution in [0.2, 0.25) is 0 Å². The molecule has 0 amide bonds. The zero-order valence-corrected chi connectivity index (χ0v) is 10.4. The van der Waals surface area contributed by atoms with Gasteiger partial charge < -0.3 is 14.9 Å². The lowest BCUT2D eigenvalue weighted by Crippen LogP contribution is -2.07. The van der Waals surface area contributed by atoms with E-state index < -0.39 is 0 Å². The number of ether oxygens (including phenoxy) is 1. The molecule has 4 heteroatoms. The van der Waals surface area contributed by atoms with Crippen LogP contribution in [0.15, 0.2) is 12.7 Å². The molecular formula is C13H24O4. The van der Waals surface area contributed by atoms with Crippen molar-refractivity contribution < 1.29 is 19.7 Å². The van der Waals surface area contributed by atoms with Gasteiger partial charge in [0.15, 0.2) is 0 Å². The van der Waals surface area contributed by atoms with Crippen LogP contribution in [-0.2, 0) is 9.53 Å². The van der Waals surface area contributed by atoms with Crippen molar-refractivity contribution >= 4 is 5.97 Å². The van der Waals surface area contributed by atoms with E-state index in [9.17, 15) is 9.90 Å². The first-order valence-electron chi connectivity index (χ1n) is 6.28. The first kappa shape index (κ1) is 16.1. The number of hydrogen-bond acceptors (Lipinski definition) is 4. The second-order valence-electron chi connectivity index (χ2n) is 4.09. The third-order valence-corrected chi connectivity index (χ3v) is 2.54. The van der Waals surface area contributed by atoms with Gasteiger partial charge in [0.25, 0.3) is 0 Å². The van der Waals surface area contributed by atoms with Crippen molar-refractivity contribution in [3.05, 3.63) is 12.7 Å². The van der Waals surface area contributed by atoms with Gasteiger partial charge in [-0.25, -0.2) is 4.79 Å². The van der Waals surface area contributed by atoms with Crippen molar-refractivity contribution in [3.8, 4) is 0 Å². The molecular weight excluding hydrogens is 220 g/mol. The van der Waals surface area contributed by atoms with Crippen LogP contribution in [0.5, 0.6) is 0 Å². The Bertz CT molecular complexity index is 204. The molecule has 0 heterocycles. The summed E-state index contributed by atoms with van der Waals surface area (Å²) in [4.78, 5) is 10.7. The van der Waals surface area contributed by atoms with Gasteiger partial charge in [0.1, 0.15) is 0 Å². The summed E-state index contributed by atoms with van der Waals surface area (Å²) in [5, 5.41) is 18.2. The summed E-state index contributed by atoms with van der Waals surface area (Å²) in [6.07, 6.45) is 6.76. The van der Waals surface area contributed by atoms with Gasteiger partial charge in [-0.1, -0.05) is 13.0 Å². The number of aliphatic hydroxyl groups is 2. The SMILES string of the molecule is C=CC(=O)OCCCCCC(O)CCCCO. The quantitative estimate of drug-likeness (QED) is 0.330. The topological polar surface area (TPSA) is 66.8 Å². The molecule has 0 saturated carbocycles. The lowest BCUT2D eigenvalue weighted by atomic mass is 10.1. The van der Waals surface area contributed by atoms with Gasteiger partial charge in [-0.05, 0) is 38.5 Å². The summed E-state index contributed by atoms with van der Waals surface area (Å²) in [5.74, 6) is -0.381. The van der Waals surface area contributed by atoms with Crippen molar-refractivity contribution in [1.82, 2.24) is 0 Å². The van der Waals surface area contributed by atoms with E-state index in [1.807, 2.05) is 0 Å². The first-order chi connectivity index (χ1) is 8.20. The van der Waals surface area contributed by atoms with Crippen LogP contribution in [0.3, 0.4) is 0 Å². The van der Waals surface area contributed by atoms with E-state index >= 15 is 0 Å². The Kier molecular flexibility index (Phi) is 11.0. The summed E-state index contributed by atoms with van der Waals surface area (Å²) in [6.45, 7) is 3.93. The van der Waals surface area contributed by atoms with Crippen molar-refractivity contribution in [2.24, 2.45) is 0 Å². The lowest BCUT2D eigenvalue weighted by Gasteiger charge is -2.09. The van der Waals surface area contributed by atoms with E-state index in [-0.39, 0.29) is 18.7 Å². The minimum Gasteiger partial charge on any atom is -0.463 e. The minimum absolute atomic E-state index is 0.196. The van der Waals surface area contributed by atoms with Crippen molar-refractivity contribution in [1.29, 1.82) is 0 Å². The third-order valence-electron chi connectivity index (χ3n) is 2.54. The molecule has 1 unspecified atom stereocenters. The van der Waals surface area contributed by atoms with Gasteiger partial charge in [0.2, 0.25) is 0 Å². The predicted octanol–water partition coefficient (Wildman–Crippen LogP) is 1.80. The molecule has 0 aliphatic heterocycles. The highest BCUT2D eigenvalue weighted by atomic mass is 16.5. The normalized spacial score (nSPS) is 12.1. The highest BCUT2D eigenvalue weighted by Crippen LogP contribution is 2.09. The molecule has 0 bridgehead atoms. The van der Waals surface area contributed by atoms with Crippen LogP contribution in [0, 0.1) is 0 Å². The molecule has 0 aromatic rings. The van der Waals surface area contributed by atoms with Crippen LogP contribution in [0.1, 0.15) is 44.9 Å². The van der Waals surface area contributed by atoms with Gasteiger partial charge in [0, 0.05) is 12.7 Å². The van der Waals surface area contributed by atoms with Crippen molar-refractivity contribution in [3.63, 3.8) is 0 Å². The number of esters is 1. The van der Waals surface area contributed by atoms with Gasteiger partial charge in [0.05, 0.1) is 12.7 Å². The molecule has 0 spiro atoms. The Morgan fingerprint density at radius 3 is 2.41 bits per heavy atom. The molecule has 1 atom stereocenters. The van der Waals surface area contributed by atoms with Gasteiger partial charge in [-0.3, -0.25) is 0 Å². The molecule has 0 aliphatic carbocycles. The molecule has 0 rings (SSSR count). The maximum Gasteiger partial charge on any atom is 0.330 e. The van der Waals surface area contributed by atoms with E-state index in [2.05, 4.69) is 6.58 Å². The average Bonchev–Trinajstić information content (AvgIpc) is 2.33. The fourth-order valence-electron chi connectivity index (χ4n) is 1.53. The summed E-state index contributed by atoms with van der Waals surface area (Å²) >= 11 is 0. The minimum atomic E-state index is -0.381. The second kappa shape index (κ2) is 11.6. The number of hydrogen-bond donors (Lipinski definition) is 2. The fourth-order valence-corrected chi connectivity index (χ4v) is 1.53. The molecule has 0 aromatic heterocycles. The predicted molar refractivity (Wildman–Crippen MR) is 66.6 cm³/mol. The van der Waals surface area contributed by atoms with Crippen molar-refractivity contribution in [2.75, 3.05) is 13.2 Å². The number of aliphatic hydroxyl groups excluding tert-OH is 2. The van der Waals surface area contributed by atoms with E-state index in [0.717, 1.165) is 51.0 Å². The van der Waals surface area contributed by atoms with Crippen LogP contribution in [0.4, 0.5) is 0 Å². The molecule has 0 fully saturated rings. The maximum absolute atomic E-state index is 10.7. The number of carbonyl (C=O) groups is 1. The molecule has 0 aromatic carbocycles. The Balaban J connectivity index is 3.21. The Morgan fingerprint density at radius 1 is 1.18 bits per heavy atom. The van der Waals surface area contributed by atoms with Gasteiger partial charge >= 0.3 is 5.97 Å². The number of rotatable bonds is 11. The van der Waals surface area contributed by atoms with Crippen LogP contribution in [0.25, 0.3) is 0 Å². The monoisotopic (exact) mass is 244 g/mol. The molecule has 2 N–H and O–H groups in total. The van der Waals surface area contributed by atoms with Gasteiger partial charge in [-0.2, -0.15) is 0 Å². The summed E-state index contributed by atoms with van der Waals surface area (Å²) in [5.41, 5.74) is 0. The average molecular weight is 244 g/mol. The highest BCUT2D eigenvalue weighted by molar-refractivity contribution is 5.81. The van der Waals surface area contributed by atoms with Crippen molar-refractivity contribution in [2.45, 2.75) is 51.0 Å². The maximum atomic E-state index is 10.7. The van der Waals surface area contributed by atoms with Crippen LogP contribution in [-0.4, -0.2) is 35.5 Å². The first-order valence-corrected chi connectivity index (χ1v) is 6.28. The molecule has 0 aliphatic rings. The van der Waals surface area contributed by atoms with Gasteiger partial charge in [-0.15, -0.1) is 0 Å². The smallest absolute Gasteiger partial charge is 0.330 e. The molecule has 0 radical (unpaired) electrons. The van der Waals surface area contributed by atoms with E-state index in [1.54, 1.807) is 0 Å². The number of carbonyl (C=O) groups excluding carboxylic acids is 1. The standard InChI is InChI=1S/C13H24O4/c1-2-13(16)17-11-7-3-4-8-12(15)9-5-6-10-14/h2,12,14-15H,1,3-11H2. The van der Waals surface area contributed by atoms with Crippen LogP contribution >= 0.6 is 0 Å². The molecule has 17 heavy (non-hydrogen) atoms. The summed E-state index contributed by atoms with van der Waals surface area (Å²) in [6, 6.07) is 0. The summed E-state index contributed by atoms with van der Waals surface area (Å²) < 4.78 is 4.83.